The molecule has 1 fully saturated rings. The molecular weight excluding hydrogens is 354 g/mol. The first-order chi connectivity index (χ1) is 13.6. The van der Waals surface area contributed by atoms with Crippen LogP contribution < -0.4 is 10.6 Å². The van der Waals surface area contributed by atoms with Crippen molar-refractivity contribution >= 4 is 17.7 Å². The minimum Gasteiger partial charge on any atom is -0.352 e. The molecule has 0 aromatic heterocycles. The highest BCUT2D eigenvalue weighted by molar-refractivity contribution is 6.22. The Labute approximate surface area is 163 Å². The summed E-state index contributed by atoms with van der Waals surface area (Å²) in [4.78, 5) is 39.0. The average Bonchev–Trinajstić information content (AvgIpc) is 3.31. The van der Waals surface area contributed by atoms with Gasteiger partial charge in [-0.05, 0) is 55.6 Å². The van der Waals surface area contributed by atoms with Gasteiger partial charge in [-0.1, -0.05) is 30.3 Å². The zero-order valence-corrected chi connectivity index (χ0v) is 15.6. The number of carbonyl (C=O) groups is 3. The number of nitrogens with zero attached hydrogens (tertiary/aromatic N) is 1. The third-order valence-electron chi connectivity index (χ3n) is 5.42. The van der Waals surface area contributed by atoms with Crippen molar-refractivity contribution in [3.05, 3.63) is 70.8 Å². The first kappa shape index (κ1) is 18.4. The van der Waals surface area contributed by atoms with Crippen LogP contribution in [0.3, 0.4) is 0 Å². The minimum atomic E-state index is -0.351. The summed E-state index contributed by atoms with van der Waals surface area (Å²) in [6.07, 6.45) is 2.08. The molecule has 6 heteroatoms. The summed E-state index contributed by atoms with van der Waals surface area (Å²) in [5, 5.41) is 6.23. The van der Waals surface area contributed by atoms with Crippen LogP contribution in [0.2, 0.25) is 0 Å². The number of rotatable bonds is 6. The largest absolute Gasteiger partial charge is 0.352 e. The predicted molar refractivity (Wildman–Crippen MR) is 105 cm³/mol. The van der Waals surface area contributed by atoms with E-state index in [9.17, 15) is 14.4 Å². The fraction of sp³-hybridized carbons (Fsp3) is 0.318. The summed E-state index contributed by atoms with van der Waals surface area (Å²) in [6, 6.07) is 14.1. The van der Waals surface area contributed by atoms with Crippen molar-refractivity contribution in [3.63, 3.8) is 0 Å². The number of fused-ring (bicyclic) bond motifs is 1. The van der Waals surface area contributed by atoms with Crippen LogP contribution in [0, 0.1) is 5.92 Å². The van der Waals surface area contributed by atoms with Crippen LogP contribution in [0.4, 0.5) is 0 Å². The quantitative estimate of drug-likeness (QED) is 0.757. The SMILES string of the molecule is O=C(NCCC1CCNC1)c1ccc2c(c1)C(=O)N(Cc1ccccc1)C2=O. The van der Waals surface area contributed by atoms with E-state index in [0.717, 1.165) is 31.5 Å². The second-order valence-corrected chi connectivity index (χ2v) is 7.35. The number of imide groups is 1. The molecule has 2 heterocycles. The molecule has 0 bridgehead atoms. The maximum atomic E-state index is 12.7. The molecule has 144 valence electrons. The molecule has 0 aliphatic carbocycles. The van der Waals surface area contributed by atoms with Crippen LogP contribution >= 0.6 is 0 Å². The summed E-state index contributed by atoms with van der Waals surface area (Å²) in [6.45, 7) is 2.88. The fourth-order valence-electron chi connectivity index (χ4n) is 3.79. The van der Waals surface area contributed by atoms with Crippen LogP contribution in [0.15, 0.2) is 48.5 Å². The fourth-order valence-corrected chi connectivity index (χ4v) is 3.79. The summed E-state index contributed by atoms with van der Waals surface area (Å²) in [7, 11) is 0. The lowest BCUT2D eigenvalue weighted by molar-refractivity contribution is 0.0642. The standard InChI is InChI=1S/C22H23N3O3/c26-20(24-11-9-15-8-10-23-13-15)17-6-7-18-19(12-17)22(28)25(21(18)27)14-16-4-2-1-3-5-16/h1-7,12,15,23H,8-11,13-14H2,(H,24,26). The molecule has 0 saturated carbocycles. The molecule has 4 rings (SSSR count). The van der Waals surface area contributed by atoms with Crippen molar-refractivity contribution in [1.82, 2.24) is 15.5 Å². The summed E-state index contributed by atoms with van der Waals surface area (Å²) in [5.74, 6) is -0.276. The normalized spacial score (nSPS) is 18.4. The highest BCUT2D eigenvalue weighted by Crippen LogP contribution is 2.25. The third-order valence-corrected chi connectivity index (χ3v) is 5.42. The molecule has 0 spiro atoms. The lowest BCUT2D eigenvalue weighted by Gasteiger charge is -2.13. The van der Waals surface area contributed by atoms with Crippen molar-refractivity contribution in [3.8, 4) is 0 Å². The van der Waals surface area contributed by atoms with E-state index in [0.29, 0.717) is 29.2 Å². The Kier molecular flexibility index (Phi) is 5.21. The zero-order chi connectivity index (χ0) is 19.5. The smallest absolute Gasteiger partial charge is 0.261 e. The first-order valence-electron chi connectivity index (χ1n) is 9.66. The predicted octanol–water partition coefficient (Wildman–Crippen LogP) is 2.21. The number of benzene rings is 2. The second-order valence-electron chi connectivity index (χ2n) is 7.35. The average molecular weight is 377 g/mol. The van der Waals surface area contributed by atoms with Crippen molar-refractivity contribution in [2.75, 3.05) is 19.6 Å². The van der Waals surface area contributed by atoms with Gasteiger partial charge >= 0.3 is 0 Å². The first-order valence-corrected chi connectivity index (χ1v) is 9.66. The van der Waals surface area contributed by atoms with Gasteiger partial charge in [-0.15, -0.1) is 0 Å². The van der Waals surface area contributed by atoms with Gasteiger partial charge in [-0.2, -0.15) is 0 Å². The minimum absolute atomic E-state index is 0.212. The van der Waals surface area contributed by atoms with Crippen molar-refractivity contribution in [2.45, 2.75) is 19.4 Å². The molecule has 2 aliphatic rings. The van der Waals surface area contributed by atoms with Gasteiger partial charge in [0.1, 0.15) is 0 Å². The Morgan fingerprint density at radius 3 is 2.61 bits per heavy atom. The maximum absolute atomic E-state index is 12.7. The van der Waals surface area contributed by atoms with Crippen LogP contribution in [-0.2, 0) is 6.54 Å². The van der Waals surface area contributed by atoms with Gasteiger partial charge in [0.15, 0.2) is 0 Å². The number of hydrogen-bond acceptors (Lipinski definition) is 4. The van der Waals surface area contributed by atoms with Gasteiger partial charge in [0.25, 0.3) is 17.7 Å². The highest BCUT2D eigenvalue weighted by atomic mass is 16.2. The van der Waals surface area contributed by atoms with Gasteiger partial charge in [0.05, 0.1) is 17.7 Å². The second kappa shape index (κ2) is 7.94. The molecule has 2 aromatic carbocycles. The van der Waals surface area contributed by atoms with E-state index in [4.69, 9.17) is 0 Å². The maximum Gasteiger partial charge on any atom is 0.261 e. The monoisotopic (exact) mass is 377 g/mol. The summed E-state index contributed by atoms with van der Waals surface area (Å²) in [5.41, 5.74) is 1.95. The third kappa shape index (κ3) is 3.68. The van der Waals surface area contributed by atoms with E-state index in [-0.39, 0.29) is 24.3 Å². The van der Waals surface area contributed by atoms with Crippen molar-refractivity contribution in [2.24, 2.45) is 5.92 Å². The van der Waals surface area contributed by atoms with Gasteiger partial charge in [0.2, 0.25) is 0 Å². The van der Waals surface area contributed by atoms with Crippen LogP contribution in [0.25, 0.3) is 0 Å². The number of carbonyl (C=O) groups excluding carboxylic acids is 3. The lowest BCUT2D eigenvalue weighted by Crippen LogP contribution is -2.29. The summed E-state index contributed by atoms with van der Waals surface area (Å²) >= 11 is 0. The molecule has 2 aromatic rings. The van der Waals surface area contributed by atoms with Gasteiger partial charge in [-0.25, -0.2) is 0 Å². The van der Waals surface area contributed by atoms with Gasteiger partial charge in [-0.3, -0.25) is 19.3 Å². The van der Waals surface area contributed by atoms with E-state index < -0.39 is 0 Å². The molecule has 28 heavy (non-hydrogen) atoms. The summed E-state index contributed by atoms with van der Waals surface area (Å²) < 4.78 is 0. The molecule has 1 unspecified atom stereocenters. The lowest BCUT2D eigenvalue weighted by atomic mass is 10.0. The van der Waals surface area contributed by atoms with Crippen LogP contribution in [0.1, 0.15) is 49.5 Å². The number of hydrogen-bond donors (Lipinski definition) is 2. The van der Waals surface area contributed by atoms with Crippen LogP contribution in [0.5, 0.6) is 0 Å². The van der Waals surface area contributed by atoms with Crippen LogP contribution in [-0.4, -0.2) is 42.3 Å². The Morgan fingerprint density at radius 1 is 1.07 bits per heavy atom. The van der Waals surface area contributed by atoms with Crippen molar-refractivity contribution in [1.29, 1.82) is 0 Å². The molecule has 2 N–H and O–H groups in total. The molecule has 6 nitrogen and oxygen atoms in total. The van der Waals surface area contributed by atoms with Crippen molar-refractivity contribution < 1.29 is 14.4 Å². The van der Waals surface area contributed by atoms with E-state index in [1.54, 1.807) is 12.1 Å². The Morgan fingerprint density at radius 2 is 1.86 bits per heavy atom. The number of nitrogens with one attached hydrogen (secondary N) is 2. The highest BCUT2D eigenvalue weighted by Gasteiger charge is 2.36. The zero-order valence-electron chi connectivity index (χ0n) is 15.6. The topological polar surface area (TPSA) is 78.5 Å². The molecule has 2 aliphatic heterocycles. The van der Waals surface area contributed by atoms with E-state index >= 15 is 0 Å². The van der Waals surface area contributed by atoms with E-state index in [1.807, 2.05) is 30.3 Å². The molecular formula is C22H23N3O3. The molecule has 0 radical (unpaired) electrons. The Balaban J connectivity index is 1.43. The molecule has 1 saturated heterocycles. The Hall–Kier alpha value is -2.99. The molecule has 1 atom stereocenters. The molecule has 3 amide bonds. The van der Waals surface area contributed by atoms with E-state index in [2.05, 4.69) is 10.6 Å². The van der Waals surface area contributed by atoms with Gasteiger partial charge in [0, 0.05) is 12.1 Å². The van der Waals surface area contributed by atoms with Gasteiger partial charge < -0.3 is 10.6 Å². The van der Waals surface area contributed by atoms with E-state index in [1.165, 1.54) is 11.0 Å². The Bertz CT molecular complexity index is 904. The number of amides is 3.